The van der Waals surface area contributed by atoms with Crippen LogP contribution in [0.5, 0.6) is 0 Å². The van der Waals surface area contributed by atoms with Gasteiger partial charge in [-0.2, -0.15) is 0 Å². The Morgan fingerprint density at radius 1 is 1.35 bits per heavy atom. The first-order chi connectivity index (χ1) is 9.66. The average Bonchev–Trinajstić information content (AvgIpc) is 3.11. The van der Waals surface area contributed by atoms with Crippen LogP contribution in [0, 0.1) is 17.6 Å². The van der Waals surface area contributed by atoms with Gasteiger partial charge in [-0.15, -0.1) is 0 Å². The Balaban J connectivity index is 1.94. The third-order valence-corrected chi connectivity index (χ3v) is 3.66. The molecule has 1 fully saturated rings. The summed E-state index contributed by atoms with van der Waals surface area (Å²) in [6.07, 6.45) is 4.10. The molecule has 2 heterocycles. The van der Waals surface area contributed by atoms with Crippen molar-refractivity contribution in [2.24, 2.45) is 11.7 Å². The van der Waals surface area contributed by atoms with Gasteiger partial charge < -0.3 is 15.0 Å². The second-order valence-corrected chi connectivity index (χ2v) is 4.94. The van der Waals surface area contributed by atoms with E-state index in [1.807, 2.05) is 0 Å². The smallest absolute Gasteiger partial charge is 0.160 e. The minimum absolute atomic E-state index is 0.218. The number of benzene rings is 1. The number of imidazole rings is 1. The van der Waals surface area contributed by atoms with Crippen molar-refractivity contribution < 1.29 is 13.5 Å². The van der Waals surface area contributed by atoms with Crippen LogP contribution < -0.4 is 5.73 Å². The Bertz CT molecular complexity index is 608. The van der Waals surface area contributed by atoms with Crippen LogP contribution in [0.25, 0.3) is 5.69 Å². The molecule has 4 nitrogen and oxygen atoms in total. The van der Waals surface area contributed by atoms with Crippen molar-refractivity contribution in [3.05, 3.63) is 48.1 Å². The molecule has 2 aromatic rings. The van der Waals surface area contributed by atoms with E-state index in [1.54, 1.807) is 17.1 Å². The molecule has 2 N–H and O–H groups in total. The van der Waals surface area contributed by atoms with E-state index in [0.29, 0.717) is 18.9 Å². The lowest BCUT2D eigenvalue weighted by Gasteiger charge is -2.19. The van der Waals surface area contributed by atoms with Crippen LogP contribution in [0.15, 0.2) is 30.7 Å². The maximum atomic E-state index is 13.3. The van der Waals surface area contributed by atoms with Gasteiger partial charge in [0.25, 0.3) is 0 Å². The molecular weight excluding hydrogens is 264 g/mol. The summed E-state index contributed by atoms with van der Waals surface area (Å²) in [5, 5.41) is 0. The molecule has 0 bridgehead atoms. The Hall–Kier alpha value is -1.79. The van der Waals surface area contributed by atoms with Gasteiger partial charge in [0, 0.05) is 24.3 Å². The van der Waals surface area contributed by atoms with Crippen LogP contribution in [-0.4, -0.2) is 22.8 Å². The summed E-state index contributed by atoms with van der Waals surface area (Å²) in [5.74, 6) is -1.54. The van der Waals surface area contributed by atoms with E-state index < -0.39 is 11.6 Å². The average molecular weight is 279 g/mol. The molecule has 6 heteroatoms. The fourth-order valence-electron chi connectivity index (χ4n) is 2.48. The van der Waals surface area contributed by atoms with E-state index in [0.717, 1.165) is 24.2 Å². The number of nitrogens with two attached hydrogens (primary N) is 1. The molecule has 3 rings (SSSR count). The molecule has 2 atom stereocenters. The summed E-state index contributed by atoms with van der Waals surface area (Å²) in [6.45, 7) is 1.32. The van der Waals surface area contributed by atoms with E-state index in [9.17, 15) is 8.78 Å². The SMILES string of the molecule is NC(c1cncn1-c1ccc(F)c(F)c1)C1CCOC1. The van der Waals surface area contributed by atoms with Gasteiger partial charge in [-0.05, 0) is 18.6 Å². The zero-order valence-corrected chi connectivity index (χ0v) is 10.8. The van der Waals surface area contributed by atoms with E-state index in [1.165, 1.54) is 6.07 Å². The minimum atomic E-state index is -0.889. The highest BCUT2D eigenvalue weighted by atomic mass is 19.2. The monoisotopic (exact) mass is 279 g/mol. The van der Waals surface area contributed by atoms with E-state index >= 15 is 0 Å². The molecule has 0 aliphatic carbocycles. The molecule has 1 saturated heterocycles. The number of halogens is 2. The zero-order chi connectivity index (χ0) is 14.1. The third kappa shape index (κ3) is 2.32. The molecule has 1 aliphatic heterocycles. The zero-order valence-electron chi connectivity index (χ0n) is 10.8. The molecule has 0 amide bonds. The molecular formula is C14H15F2N3O. The molecule has 20 heavy (non-hydrogen) atoms. The predicted molar refractivity (Wildman–Crippen MR) is 69.3 cm³/mol. The Labute approximate surface area is 115 Å². The normalized spacial score (nSPS) is 20.2. The topological polar surface area (TPSA) is 53.1 Å². The Morgan fingerprint density at radius 3 is 2.90 bits per heavy atom. The number of hydrogen-bond acceptors (Lipinski definition) is 3. The van der Waals surface area contributed by atoms with Crippen molar-refractivity contribution in [1.82, 2.24) is 9.55 Å². The van der Waals surface area contributed by atoms with Crippen molar-refractivity contribution >= 4 is 0 Å². The van der Waals surface area contributed by atoms with Crippen LogP contribution in [0.3, 0.4) is 0 Å². The van der Waals surface area contributed by atoms with Crippen molar-refractivity contribution in [2.75, 3.05) is 13.2 Å². The number of hydrogen-bond donors (Lipinski definition) is 1. The number of aromatic nitrogens is 2. The minimum Gasteiger partial charge on any atom is -0.381 e. The summed E-state index contributed by atoms with van der Waals surface area (Å²) in [5.41, 5.74) is 7.52. The maximum absolute atomic E-state index is 13.3. The van der Waals surface area contributed by atoms with Crippen LogP contribution in [0.4, 0.5) is 8.78 Å². The van der Waals surface area contributed by atoms with Crippen LogP contribution in [0.1, 0.15) is 18.2 Å². The van der Waals surface area contributed by atoms with Gasteiger partial charge in [0.2, 0.25) is 0 Å². The fourth-order valence-corrected chi connectivity index (χ4v) is 2.48. The Kier molecular flexibility index (Phi) is 3.50. The highest BCUT2D eigenvalue weighted by Gasteiger charge is 2.26. The van der Waals surface area contributed by atoms with Crippen LogP contribution >= 0.6 is 0 Å². The van der Waals surface area contributed by atoms with Gasteiger partial charge in [-0.25, -0.2) is 13.8 Å². The number of rotatable bonds is 3. The second kappa shape index (κ2) is 5.30. The first kappa shape index (κ1) is 13.2. The van der Waals surface area contributed by atoms with Crippen molar-refractivity contribution in [2.45, 2.75) is 12.5 Å². The van der Waals surface area contributed by atoms with Gasteiger partial charge in [-0.1, -0.05) is 0 Å². The standard InChI is InChI=1S/C14H15F2N3O/c15-11-2-1-10(5-12(11)16)19-8-18-6-13(19)14(17)9-3-4-20-7-9/h1-2,5-6,8-9,14H,3-4,7,17H2. The van der Waals surface area contributed by atoms with Gasteiger partial charge in [0.05, 0.1) is 30.9 Å². The third-order valence-electron chi connectivity index (χ3n) is 3.66. The Morgan fingerprint density at radius 2 is 2.20 bits per heavy atom. The van der Waals surface area contributed by atoms with Crippen LogP contribution in [-0.2, 0) is 4.74 Å². The van der Waals surface area contributed by atoms with Gasteiger partial charge in [-0.3, -0.25) is 0 Å². The van der Waals surface area contributed by atoms with Crippen molar-refractivity contribution in [3.8, 4) is 5.69 Å². The molecule has 106 valence electrons. The summed E-state index contributed by atoms with van der Waals surface area (Å²) in [7, 11) is 0. The van der Waals surface area contributed by atoms with E-state index in [-0.39, 0.29) is 12.0 Å². The molecule has 1 aliphatic rings. The molecule has 0 saturated carbocycles. The lowest BCUT2D eigenvalue weighted by atomic mass is 9.97. The molecule has 1 aromatic heterocycles. The van der Waals surface area contributed by atoms with E-state index in [2.05, 4.69) is 4.98 Å². The van der Waals surface area contributed by atoms with Crippen molar-refractivity contribution in [3.63, 3.8) is 0 Å². The quantitative estimate of drug-likeness (QED) is 0.937. The largest absolute Gasteiger partial charge is 0.381 e. The lowest BCUT2D eigenvalue weighted by Crippen LogP contribution is -2.24. The summed E-state index contributed by atoms with van der Waals surface area (Å²) < 4.78 is 33.4. The second-order valence-electron chi connectivity index (χ2n) is 4.94. The first-order valence-electron chi connectivity index (χ1n) is 6.48. The predicted octanol–water partition coefficient (Wildman–Crippen LogP) is 2.19. The molecule has 0 spiro atoms. The molecule has 2 unspecified atom stereocenters. The molecule has 0 radical (unpaired) electrons. The fraction of sp³-hybridized carbons (Fsp3) is 0.357. The summed E-state index contributed by atoms with van der Waals surface area (Å²) in [4.78, 5) is 4.07. The highest BCUT2D eigenvalue weighted by Crippen LogP contribution is 2.28. The van der Waals surface area contributed by atoms with E-state index in [4.69, 9.17) is 10.5 Å². The van der Waals surface area contributed by atoms with Crippen molar-refractivity contribution in [1.29, 1.82) is 0 Å². The number of ether oxygens (including phenoxy) is 1. The van der Waals surface area contributed by atoms with Gasteiger partial charge >= 0.3 is 0 Å². The van der Waals surface area contributed by atoms with Gasteiger partial charge in [0.1, 0.15) is 0 Å². The maximum Gasteiger partial charge on any atom is 0.160 e. The highest BCUT2D eigenvalue weighted by molar-refractivity contribution is 5.35. The number of nitrogens with zero attached hydrogens (tertiary/aromatic N) is 2. The van der Waals surface area contributed by atoms with Gasteiger partial charge in [0.15, 0.2) is 11.6 Å². The summed E-state index contributed by atoms with van der Waals surface area (Å²) >= 11 is 0. The van der Waals surface area contributed by atoms with Crippen LogP contribution in [0.2, 0.25) is 0 Å². The molecule has 1 aromatic carbocycles. The summed E-state index contributed by atoms with van der Waals surface area (Å²) in [6, 6.07) is 3.49. The first-order valence-corrected chi connectivity index (χ1v) is 6.48. The lowest BCUT2D eigenvalue weighted by molar-refractivity contribution is 0.180.